The fourth-order valence-corrected chi connectivity index (χ4v) is 10.3. The molecule has 1 heterocycles. The molecule has 81 heavy (non-hydrogen) atoms. The molecule has 0 saturated carbocycles. The van der Waals surface area contributed by atoms with E-state index < -0.39 is 0 Å². The van der Waals surface area contributed by atoms with Gasteiger partial charge in [-0.2, -0.15) is 0 Å². The van der Waals surface area contributed by atoms with E-state index in [2.05, 4.69) is 23.6 Å². The number of aromatic nitrogens is 1. The molecule has 418 valence electrons. The lowest BCUT2D eigenvalue weighted by molar-refractivity contribution is 0.230. The molecule has 1 aromatic heterocycles. The van der Waals surface area contributed by atoms with Crippen molar-refractivity contribution in [1.29, 1.82) is 0 Å². The van der Waals surface area contributed by atoms with Crippen LogP contribution in [0.15, 0.2) is 211 Å². The van der Waals surface area contributed by atoms with Gasteiger partial charge in [0.1, 0.15) is 51.1 Å². The van der Waals surface area contributed by atoms with E-state index in [1.165, 1.54) is 70.6 Å². The quantitative estimate of drug-likeness (QED) is 0.0372. The molecule has 0 aliphatic carbocycles. The van der Waals surface area contributed by atoms with Gasteiger partial charge in [-0.15, -0.1) is 0 Å². The van der Waals surface area contributed by atoms with Gasteiger partial charge in [-0.1, -0.05) is 272 Å². The highest BCUT2D eigenvalue weighted by Gasteiger charge is 2.27. The molecule has 8 aromatic carbocycles. The van der Waals surface area contributed by atoms with Crippen molar-refractivity contribution >= 4 is 10.9 Å². The first-order valence-corrected chi connectivity index (χ1v) is 29.5. The normalized spacial score (nSPS) is 11.1. The zero-order chi connectivity index (χ0) is 55.5. The number of benzene rings is 8. The summed E-state index contributed by atoms with van der Waals surface area (Å²) in [7, 11) is 0. The molecule has 0 radical (unpaired) electrons. The molecule has 0 aliphatic heterocycles. The van der Waals surface area contributed by atoms with Crippen molar-refractivity contribution in [2.75, 3.05) is 0 Å². The molecular formula is C73H79NO7. The fourth-order valence-electron chi connectivity index (χ4n) is 10.3. The van der Waals surface area contributed by atoms with Crippen molar-refractivity contribution in [3.8, 4) is 45.8 Å². The molecule has 9 aromatic rings. The summed E-state index contributed by atoms with van der Waals surface area (Å²) in [4.78, 5) is 16.0. The summed E-state index contributed by atoms with van der Waals surface area (Å²) in [5, 5.41) is 0.416. The highest BCUT2D eigenvalue weighted by molar-refractivity contribution is 5.92. The van der Waals surface area contributed by atoms with Crippen LogP contribution < -0.4 is 33.8 Å². The molecule has 0 spiro atoms. The first-order valence-electron chi connectivity index (χ1n) is 29.5. The molecule has 0 fully saturated rings. The van der Waals surface area contributed by atoms with Gasteiger partial charge < -0.3 is 33.0 Å². The van der Waals surface area contributed by atoms with Gasteiger partial charge in [0.15, 0.2) is 17.2 Å². The molecule has 8 heteroatoms. The average molecular weight is 1080 g/mol. The molecule has 0 unspecified atom stereocenters. The highest BCUT2D eigenvalue weighted by atomic mass is 16.5. The minimum Gasteiger partial charge on any atom is -0.489 e. The molecule has 0 aliphatic rings. The van der Waals surface area contributed by atoms with Gasteiger partial charge in [-0.25, -0.2) is 0 Å². The Labute approximate surface area is 480 Å². The Kier molecular flexibility index (Phi) is 22.4. The lowest BCUT2D eigenvalue weighted by Gasteiger charge is -2.25. The zero-order valence-corrected chi connectivity index (χ0v) is 47.3. The zero-order valence-electron chi connectivity index (χ0n) is 47.3. The second kappa shape index (κ2) is 31.5. The van der Waals surface area contributed by atoms with Crippen molar-refractivity contribution in [2.24, 2.45) is 0 Å². The van der Waals surface area contributed by atoms with E-state index in [4.69, 9.17) is 28.4 Å². The van der Waals surface area contributed by atoms with E-state index in [0.717, 1.165) is 52.6 Å². The Morgan fingerprint density at radius 1 is 0.333 bits per heavy atom. The Morgan fingerprint density at radius 3 is 1.06 bits per heavy atom. The smallest absolute Gasteiger partial charge is 0.235 e. The van der Waals surface area contributed by atoms with E-state index in [1.807, 2.05) is 194 Å². The van der Waals surface area contributed by atoms with Crippen LogP contribution in [0.25, 0.3) is 22.2 Å². The van der Waals surface area contributed by atoms with Crippen LogP contribution in [-0.4, -0.2) is 4.57 Å². The lowest BCUT2D eigenvalue weighted by atomic mass is 10.0. The van der Waals surface area contributed by atoms with Gasteiger partial charge in [-0.3, -0.25) is 4.79 Å². The number of rotatable bonds is 34. The number of nitrogens with zero attached hydrogens (tertiary/aromatic N) is 1. The van der Waals surface area contributed by atoms with Crippen LogP contribution in [0.2, 0.25) is 0 Å². The Balaban J connectivity index is 1.18. The molecule has 9 rings (SSSR count). The summed E-state index contributed by atoms with van der Waals surface area (Å²) in [6, 6.07) is 68.3. The van der Waals surface area contributed by atoms with Gasteiger partial charge >= 0.3 is 0 Å². The van der Waals surface area contributed by atoms with Crippen LogP contribution in [0.5, 0.6) is 34.5 Å². The number of unbranched alkanes of at least 4 members (excludes halogenated alkanes) is 13. The predicted octanol–water partition coefficient (Wildman–Crippen LogP) is 18.6. The fraction of sp³-hybridized carbons (Fsp3) is 0.301. The summed E-state index contributed by atoms with van der Waals surface area (Å²) >= 11 is 0. The van der Waals surface area contributed by atoms with Crippen LogP contribution >= 0.6 is 0 Å². The van der Waals surface area contributed by atoms with Crippen molar-refractivity contribution in [2.45, 2.75) is 143 Å². The topological polar surface area (TPSA) is 77.4 Å². The number of fused-ring (bicyclic) bond motifs is 1. The predicted molar refractivity (Wildman–Crippen MR) is 329 cm³/mol. The maximum atomic E-state index is 16.0. The Bertz CT molecular complexity index is 3250. The van der Waals surface area contributed by atoms with Gasteiger partial charge in [0.2, 0.25) is 11.2 Å². The third kappa shape index (κ3) is 17.4. The summed E-state index contributed by atoms with van der Waals surface area (Å²) in [6.45, 7) is 4.36. The minimum atomic E-state index is -0.297. The van der Waals surface area contributed by atoms with Crippen molar-refractivity contribution < 1.29 is 28.4 Å². The summed E-state index contributed by atoms with van der Waals surface area (Å²) in [5.41, 5.74) is 7.53. The average Bonchev–Trinajstić information content (AvgIpc) is 3.67. The molecule has 8 nitrogen and oxygen atoms in total. The number of hydrogen-bond donors (Lipinski definition) is 0. The van der Waals surface area contributed by atoms with Crippen LogP contribution in [0.4, 0.5) is 0 Å². The molecule has 0 amide bonds. The highest BCUT2D eigenvalue weighted by Crippen LogP contribution is 2.46. The first kappa shape index (κ1) is 57.5. The number of aryl methyl sites for hydroxylation is 1. The third-order valence-corrected chi connectivity index (χ3v) is 14.7. The van der Waals surface area contributed by atoms with E-state index in [9.17, 15) is 0 Å². The van der Waals surface area contributed by atoms with Gasteiger partial charge in [0.05, 0.1) is 16.6 Å². The number of pyridine rings is 1. The van der Waals surface area contributed by atoms with E-state index in [-0.39, 0.29) is 44.2 Å². The van der Waals surface area contributed by atoms with Gasteiger partial charge in [-0.05, 0) is 51.9 Å². The lowest BCUT2D eigenvalue weighted by Crippen LogP contribution is -2.19. The standard InChI is InChI=1S/C73H79NO7/c1-2-3-4-5-6-7-8-9-10-11-12-13-14-33-46-74-65-49-64(76-51-57-34-21-15-22-35-57)50-66(77-52-58-36-23-16-24-37-58)69(65)71(75)73(81-56-62-44-31-20-32-45-62)70(74)63-47-67(78-53-59-38-25-17-26-39-59)72(80-55-61-42-29-19-30-43-61)68(48-63)79-54-60-40-27-18-28-41-60/h15-32,34-45,47-50H,2-14,33,46,51-56H2,1H3. The summed E-state index contributed by atoms with van der Waals surface area (Å²) in [5.74, 6) is 2.57. The second-order valence-corrected chi connectivity index (χ2v) is 21.0. The van der Waals surface area contributed by atoms with Crippen molar-refractivity contribution in [3.63, 3.8) is 0 Å². The van der Waals surface area contributed by atoms with E-state index >= 15 is 4.79 Å². The van der Waals surface area contributed by atoms with E-state index in [0.29, 0.717) is 64.1 Å². The van der Waals surface area contributed by atoms with Crippen LogP contribution in [0.3, 0.4) is 0 Å². The largest absolute Gasteiger partial charge is 0.489 e. The maximum absolute atomic E-state index is 16.0. The van der Waals surface area contributed by atoms with Crippen LogP contribution in [0, 0.1) is 0 Å². The molecule has 0 N–H and O–H groups in total. The number of ether oxygens (including phenoxy) is 6. The summed E-state index contributed by atoms with van der Waals surface area (Å²) < 4.78 is 43.3. The molecule has 0 bridgehead atoms. The van der Waals surface area contributed by atoms with Gasteiger partial charge in [0, 0.05) is 24.2 Å². The van der Waals surface area contributed by atoms with Crippen LogP contribution in [-0.2, 0) is 46.2 Å². The molecular weight excluding hydrogens is 1000 g/mol. The van der Waals surface area contributed by atoms with E-state index in [1.54, 1.807) is 0 Å². The number of hydrogen-bond acceptors (Lipinski definition) is 7. The van der Waals surface area contributed by atoms with Crippen LogP contribution in [0.1, 0.15) is 130 Å². The van der Waals surface area contributed by atoms with Gasteiger partial charge in [0.25, 0.3) is 0 Å². The monoisotopic (exact) mass is 1080 g/mol. The van der Waals surface area contributed by atoms with Crippen molar-refractivity contribution in [3.05, 3.63) is 250 Å². The Morgan fingerprint density at radius 2 is 0.667 bits per heavy atom. The first-order chi connectivity index (χ1) is 40.1. The third-order valence-electron chi connectivity index (χ3n) is 14.7. The molecule has 0 atom stereocenters. The van der Waals surface area contributed by atoms with Crippen molar-refractivity contribution in [1.82, 2.24) is 4.57 Å². The SMILES string of the molecule is CCCCCCCCCCCCCCCCn1c(-c2cc(OCc3ccccc3)c(OCc3ccccc3)c(OCc3ccccc3)c2)c(OCc2ccccc2)c(=O)c2c(OCc3ccccc3)cc(OCc3ccccc3)cc21. The Hall–Kier alpha value is -8.23. The minimum absolute atomic E-state index is 0.152. The molecule has 0 saturated heterocycles. The second-order valence-electron chi connectivity index (χ2n) is 21.0. The summed E-state index contributed by atoms with van der Waals surface area (Å²) in [6.07, 6.45) is 17.4. The maximum Gasteiger partial charge on any atom is 0.235 e.